The number of amides is 2. The number of thiazole rings is 1. The molecule has 21 heavy (non-hydrogen) atoms. The number of urea groups is 1. The predicted molar refractivity (Wildman–Crippen MR) is 91.3 cm³/mol. The summed E-state index contributed by atoms with van der Waals surface area (Å²) in [6.07, 6.45) is 5.85. The number of carbonyl (C=O) groups excluding carboxylic acids is 1. The average molecular weight is 386 g/mol. The molecule has 0 unspecified atom stereocenters. The van der Waals surface area contributed by atoms with Gasteiger partial charge in [-0.2, -0.15) is 0 Å². The first kappa shape index (κ1) is 15.0. The lowest BCUT2D eigenvalue weighted by Crippen LogP contribution is -2.27. The van der Waals surface area contributed by atoms with Crippen LogP contribution in [0.15, 0.2) is 15.9 Å². The quantitative estimate of drug-likeness (QED) is 0.760. The number of fused-ring (bicyclic) bond motifs is 1. The van der Waals surface area contributed by atoms with Gasteiger partial charge in [0.2, 0.25) is 0 Å². The van der Waals surface area contributed by atoms with E-state index in [4.69, 9.17) is 0 Å². The summed E-state index contributed by atoms with van der Waals surface area (Å²) in [7, 11) is 0. The zero-order valence-corrected chi connectivity index (χ0v) is 14.7. The van der Waals surface area contributed by atoms with Gasteiger partial charge >= 0.3 is 6.03 Å². The Labute approximate surface area is 140 Å². The summed E-state index contributed by atoms with van der Waals surface area (Å²) in [5, 5.41) is 8.43. The minimum Gasteiger partial charge on any atom is -0.333 e. The molecule has 0 saturated carbocycles. The van der Waals surface area contributed by atoms with Crippen molar-refractivity contribution in [3.05, 3.63) is 31.4 Å². The van der Waals surface area contributed by atoms with Gasteiger partial charge in [-0.05, 0) is 47.7 Å². The van der Waals surface area contributed by atoms with E-state index in [2.05, 4.69) is 31.5 Å². The van der Waals surface area contributed by atoms with Crippen molar-refractivity contribution in [3.63, 3.8) is 0 Å². The number of halogens is 1. The van der Waals surface area contributed by atoms with Crippen molar-refractivity contribution < 1.29 is 4.79 Å². The third-order valence-corrected chi connectivity index (χ3v) is 6.13. The van der Waals surface area contributed by atoms with Crippen LogP contribution in [0.3, 0.4) is 0 Å². The summed E-state index contributed by atoms with van der Waals surface area (Å²) >= 11 is 6.64. The van der Waals surface area contributed by atoms with Crippen molar-refractivity contribution in [2.45, 2.75) is 38.6 Å². The number of hydrogen-bond acceptors (Lipinski definition) is 4. The number of nitrogens with zero attached hydrogens (tertiary/aromatic N) is 1. The maximum absolute atomic E-state index is 11.9. The molecule has 4 nitrogen and oxygen atoms in total. The average Bonchev–Trinajstić information content (AvgIpc) is 2.97. The Morgan fingerprint density at radius 2 is 2.19 bits per heavy atom. The first-order chi connectivity index (χ1) is 10.2. The number of nitrogens with one attached hydrogen (secondary N) is 2. The number of rotatable bonds is 3. The molecule has 3 rings (SSSR count). The molecule has 0 fully saturated rings. The number of hydrogen-bond donors (Lipinski definition) is 2. The molecule has 2 aromatic heterocycles. The normalized spacial score (nSPS) is 14.3. The fourth-order valence-electron chi connectivity index (χ4n) is 2.34. The molecule has 2 aromatic rings. The van der Waals surface area contributed by atoms with Crippen LogP contribution in [-0.2, 0) is 19.4 Å². The molecule has 112 valence electrons. The van der Waals surface area contributed by atoms with Crippen molar-refractivity contribution in [2.24, 2.45) is 0 Å². The van der Waals surface area contributed by atoms with Crippen LogP contribution in [0.2, 0.25) is 0 Å². The molecule has 0 bridgehead atoms. The van der Waals surface area contributed by atoms with E-state index >= 15 is 0 Å². The van der Waals surface area contributed by atoms with Gasteiger partial charge in [0.25, 0.3) is 0 Å². The van der Waals surface area contributed by atoms with Crippen LogP contribution >= 0.6 is 38.6 Å². The lowest BCUT2D eigenvalue weighted by Gasteiger charge is -2.03. The second kappa shape index (κ2) is 6.89. The number of thiophene rings is 1. The van der Waals surface area contributed by atoms with Crippen LogP contribution < -0.4 is 10.6 Å². The van der Waals surface area contributed by atoms with Gasteiger partial charge in [0.1, 0.15) is 0 Å². The van der Waals surface area contributed by atoms with Crippen LogP contribution in [0, 0.1) is 0 Å². The van der Waals surface area contributed by atoms with Gasteiger partial charge < -0.3 is 5.32 Å². The van der Waals surface area contributed by atoms with Crippen molar-refractivity contribution >= 4 is 49.8 Å². The predicted octanol–water partition coefficient (Wildman–Crippen LogP) is 4.56. The summed E-state index contributed by atoms with van der Waals surface area (Å²) < 4.78 is 1.05. The van der Waals surface area contributed by atoms with E-state index in [1.54, 1.807) is 22.7 Å². The molecule has 1 aliphatic rings. The molecule has 0 radical (unpaired) electrons. The van der Waals surface area contributed by atoms with Crippen molar-refractivity contribution in [2.75, 3.05) is 5.32 Å². The van der Waals surface area contributed by atoms with Crippen LogP contribution in [0.4, 0.5) is 9.93 Å². The molecule has 2 heterocycles. The minimum atomic E-state index is -0.191. The molecular formula is C14H16BrN3OS2. The Morgan fingerprint density at radius 1 is 1.33 bits per heavy atom. The van der Waals surface area contributed by atoms with E-state index in [0.717, 1.165) is 22.2 Å². The Bertz CT molecular complexity index is 614. The van der Waals surface area contributed by atoms with Crippen molar-refractivity contribution in [3.8, 4) is 0 Å². The highest BCUT2D eigenvalue weighted by Crippen LogP contribution is 2.28. The zero-order valence-electron chi connectivity index (χ0n) is 11.4. The molecule has 0 saturated heterocycles. The van der Waals surface area contributed by atoms with Crippen LogP contribution in [0.25, 0.3) is 0 Å². The van der Waals surface area contributed by atoms with E-state index in [-0.39, 0.29) is 6.03 Å². The highest BCUT2D eigenvalue weighted by atomic mass is 79.9. The molecular weight excluding hydrogens is 370 g/mol. The molecule has 0 aliphatic heterocycles. The number of aryl methyl sites for hydroxylation is 2. The minimum absolute atomic E-state index is 0.191. The first-order valence-corrected chi connectivity index (χ1v) is 9.46. The standard InChI is InChI=1S/C14H16BrN3OS2/c15-9-6-10(20-8-9)7-16-13(19)18-14-17-11-4-2-1-3-5-12(11)21-14/h6,8H,1-5,7H2,(H2,16,17,18,19). The molecule has 0 spiro atoms. The second-order valence-electron chi connectivity index (χ2n) is 4.99. The second-order valence-corrected chi connectivity index (χ2v) is 7.98. The van der Waals surface area contributed by atoms with Gasteiger partial charge in [0.05, 0.1) is 12.2 Å². The van der Waals surface area contributed by atoms with Gasteiger partial charge in [0, 0.05) is 19.6 Å². The summed E-state index contributed by atoms with van der Waals surface area (Å²) in [5.74, 6) is 0. The third kappa shape index (κ3) is 4.05. The lowest BCUT2D eigenvalue weighted by atomic mass is 10.2. The van der Waals surface area contributed by atoms with E-state index in [0.29, 0.717) is 11.7 Å². The zero-order chi connectivity index (χ0) is 14.7. The molecule has 2 amide bonds. The van der Waals surface area contributed by atoms with Crippen molar-refractivity contribution in [1.82, 2.24) is 10.3 Å². The topological polar surface area (TPSA) is 54.0 Å². The highest BCUT2D eigenvalue weighted by molar-refractivity contribution is 9.10. The summed E-state index contributed by atoms with van der Waals surface area (Å²) in [6.45, 7) is 0.535. The highest BCUT2D eigenvalue weighted by Gasteiger charge is 2.15. The SMILES string of the molecule is O=C(NCc1cc(Br)cs1)Nc1nc2c(s1)CCCCC2. The lowest BCUT2D eigenvalue weighted by molar-refractivity contribution is 0.252. The number of carbonyl (C=O) groups is 1. The van der Waals surface area contributed by atoms with Gasteiger partial charge in [0.15, 0.2) is 5.13 Å². The molecule has 0 atom stereocenters. The van der Waals surface area contributed by atoms with Gasteiger partial charge in [-0.25, -0.2) is 9.78 Å². The molecule has 1 aliphatic carbocycles. The Kier molecular flexibility index (Phi) is 4.92. The van der Waals surface area contributed by atoms with E-state index in [9.17, 15) is 4.79 Å². The van der Waals surface area contributed by atoms with Crippen LogP contribution in [0.1, 0.15) is 34.7 Å². The largest absolute Gasteiger partial charge is 0.333 e. The van der Waals surface area contributed by atoms with E-state index in [1.807, 2.05) is 11.4 Å². The monoisotopic (exact) mass is 385 g/mol. The fourth-order valence-corrected chi connectivity index (χ4v) is 4.77. The van der Waals surface area contributed by atoms with Gasteiger partial charge in [-0.1, -0.05) is 6.42 Å². The maximum atomic E-state index is 11.9. The molecule has 7 heteroatoms. The number of aromatic nitrogens is 1. The van der Waals surface area contributed by atoms with Gasteiger partial charge in [-0.15, -0.1) is 22.7 Å². The molecule has 0 aromatic carbocycles. The van der Waals surface area contributed by atoms with E-state index < -0.39 is 0 Å². The Balaban J connectivity index is 1.55. The molecule has 2 N–H and O–H groups in total. The number of anilines is 1. The smallest absolute Gasteiger partial charge is 0.321 e. The van der Waals surface area contributed by atoms with Crippen molar-refractivity contribution in [1.29, 1.82) is 0 Å². The van der Waals surface area contributed by atoms with E-state index in [1.165, 1.54) is 29.8 Å². The van der Waals surface area contributed by atoms with Gasteiger partial charge in [-0.3, -0.25) is 5.32 Å². The summed E-state index contributed by atoms with van der Waals surface area (Å²) in [6, 6.07) is 1.82. The summed E-state index contributed by atoms with van der Waals surface area (Å²) in [5.41, 5.74) is 1.18. The fraction of sp³-hybridized carbons (Fsp3) is 0.429. The maximum Gasteiger partial charge on any atom is 0.321 e. The van der Waals surface area contributed by atoms with Crippen LogP contribution in [0.5, 0.6) is 0 Å². The first-order valence-electron chi connectivity index (χ1n) is 6.97. The van der Waals surface area contributed by atoms with Crippen LogP contribution in [-0.4, -0.2) is 11.0 Å². The Morgan fingerprint density at radius 3 is 3.00 bits per heavy atom. The summed E-state index contributed by atoms with van der Waals surface area (Å²) in [4.78, 5) is 18.9. The third-order valence-electron chi connectivity index (χ3n) is 3.36. The Hall–Kier alpha value is -0.920.